The summed E-state index contributed by atoms with van der Waals surface area (Å²) in [4.78, 5) is 2.44. The van der Waals surface area contributed by atoms with Gasteiger partial charge >= 0.3 is 0 Å². The van der Waals surface area contributed by atoms with Crippen molar-refractivity contribution in [3.05, 3.63) is 77.6 Å². The van der Waals surface area contributed by atoms with Crippen LogP contribution in [0.15, 0.2) is 60.7 Å². The van der Waals surface area contributed by atoms with Crippen molar-refractivity contribution in [2.24, 2.45) is 0 Å². The number of aromatic nitrogens is 4. The average Bonchev–Trinajstić information content (AvgIpc) is 3.40. The minimum Gasteiger partial charge on any atom is -0.291 e. The molecule has 3 aromatic rings. The Kier molecular flexibility index (Phi) is 4.84. The number of hydrogen-bond donors (Lipinski definition) is 0. The summed E-state index contributed by atoms with van der Waals surface area (Å²) in [5.41, 5.74) is 2.68. The maximum atomic E-state index is 4.27. The maximum absolute atomic E-state index is 4.27. The van der Waals surface area contributed by atoms with E-state index in [1.165, 1.54) is 24.0 Å². The van der Waals surface area contributed by atoms with Gasteiger partial charge in [-0.25, -0.2) is 4.68 Å². The van der Waals surface area contributed by atoms with Crippen LogP contribution in [0, 0.1) is 0 Å². The van der Waals surface area contributed by atoms with Crippen LogP contribution >= 0.6 is 0 Å². The lowest BCUT2D eigenvalue weighted by Gasteiger charge is -2.22. The second kappa shape index (κ2) is 7.57. The first-order chi connectivity index (χ1) is 12.4. The van der Waals surface area contributed by atoms with Gasteiger partial charge in [-0.1, -0.05) is 60.7 Å². The van der Waals surface area contributed by atoms with Gasteiger partial charge in [-0.2, -0.15) is 0 Å². The Morgan fingerprint density at radius 2 is 1.56 bits per heavy atom. The molecule has 0 spiro atoms. The van der Waals surface area contributed by atoms with E-state index in [0.29, 0.717) is 6.04 Å². The van der Waals surface area contributed by atoms with E-state index in [2.05, 4.69) is 81.1 Å². The van der Waals surface area contributed by atoms with Crippen LogP contribution in [0.2, 0.25) is 0 Å². The summed E-state index contributed by atoms with van der Waals surface area (Å²) in [6.07, 6.45) is 3.42. The molecule has 0 unspecified atom stereocenters. The summed E-state index contributed by atoms with van der Waals surface area (Å²) in [6, 6.07) is 21.8. The SMILES string of the molecule is c1ccc(CCN(Cc2ccccc2)Cc2nnnn2C2CC2)cc1. The molecule has 1 aliphatic rings. The van der Waals surface area contributed by atoms with E-state index < -0.39 is 0 Å². The molecule has 1 aromatic heterocycles. The third-order valence-corrected chi connectivity index (χ3v) is 4.63. The fraction of sp³-hybridized carbons (Fsp3) is 0.350. The molecule has 0 aliphatic heterocycles. The van der Waals surface area contributed by atoms with Gasteiger partial charge in [-0.3, -0.25) is 4.90 Å². The van der Waals surface area contributed by atoms with Gasteiger partial charge in [0.2, 0.25) is 0 Å². The molecule has 1 heterocycles. The summed E-state index contributed by atoms with van der Waals surface area (Å²) in [5.74, 6) is 0.978. The van der Waals surface area contributed by atoms with Crippen molar-refractivity contribution in [2.45, 2.75) is 38.4 Å². The third kappa shape index (κ3) is 4.31. The number of nitrogens with zero attached hydrogens (tertiary/aromatic N) is 5. The highest BCUT2D eigenvalue weighted by Crippen LogP contribution is 2.34. The van der Waals surface area contributed by atoms with E-state index in [9.17, 15) is 0 Å². The quantitative estimate of drug-likeness (QED) is 0.635. The summed E-state index contributed by atoms with van der Waals surface area (Å²) < 4.78 is 2.01. The Morgan fingerprint density at radius 3 is 2.24 bits per heavy atom. The van der Waals surface area contributed by atoms with Gasteiger partial charge in [0, 0.05) is 13.1 Å². The largest absolute Gasteiger partial charge is 0.291 e. The molecule has 4 rings (SSSR count). The summed E-state index contributed by atoms with van der Waals surface area (Å²) in [5, 5.41) is 12.4. The minimum atomic E-state index is 0.512. The maximum Gasteiger partial charge on any atom is 0.165 e. The van der Waals surface area contributed by atoms with Crippen LogP contribution < -0.4 is 0 Å². The Hall–Kier alpha value is -2.53. The van der Waals surface area contributed by atoms with Crippen molar-refractivity contribution in [3.8, 4) is 0 Å². The van der Waals surface area contributed by atoms with Crippen molar-refractivity contribution in [3.63, 3.8) is 0 Å². The van der Waals surface area contributed by atoms with E-state index in [0.717, 1.165) is 31.9 Å². The lowest BCUT2D eigenvalue weighted by molar-refractivity contribution is 0.248. The summed E-state index contributed by atoms with van der Waals surface area (Å²) in [7, 11) is 0. The van der Waals surface area contributed by atoms with Crippen LogP contribution in [-0.4, -0.2) is 31.7 Å². The second-order valence-corrected chi connectivity index (χ2v) is 6.70. The Balaban J connectivity index is 1.47. The molecule has 128 valence electrons. The van der Waals surface area contributed by atoms with Crippen LogP contribution in [-0.2, 0) is 19.5 Å². The highest BCUT2D eigenvalue weighted by molar-refractivity contribution is 5.16. The Labute approximate surface area is 148 Å². The fourth-order valence-electron chi connectivity index (χ4n) is 3.11. The molecule has 25 heavy (non-hydrogen) atoms. The Bertz CT molecular complexity index is 780. The molecule has 1 fully saturated rings. The minimum absolute atomic E-state index is 0.512. The first-order valence-electron chi connectivity index (χ1n) is 8.95. The monoisotopic (exact) mass is 333 g/mol. The van der Waals surface area contributed by atoms with Gasteiger partial charge in [-0.15, -0.1) is 5.10 Å². The molecular weight excluding hydrogens is 310 g/mol. The lowest BCUT2D eigenvalue weighted by atomic mass is 10.1. The molecule has 0 saturated heterocycles. The zero-order valence-electron chi connectivity index (χ0n) is 14.3. The van der Waals surface area contributed by atoms with E-state index >= 15 is 0 Å². The third-order valence-electron chi connectivity index (χ3n) is 4.63. The smallest absolute Gasteiger partial charge is 0.165 e. The highest BCUT2D eigenvalue weighted by atomic mass is 15.6. The van der Waals surface area contributed by atoms with Gasteiger partial charge in [0.1, 0.15) is 0 Å². The first kappa shape index (κ1) is 16.0. The van der Waals surface area contributed by atoms with Gasteiger partial charge in [-0.05, 0) is 40.8 Å². The van der Waals surface area contributed by atoms with Gasteiger partial charge in [0.15, 0.2) is 5.82 Å². The van der Waals surface area contributed by atoms with Gasteiger partial charge in [0.25, 0.3) is 0 Å². The van der Waals surface area contributed by atoms with Crippen molar-refractivity contribution in [1.82, 2.24) is 25.1 Å². The molecule has 2 aromatic carbocycles. The summed E-state index contributed by atoms with van der Waals surface area (Å²) in [6.45, 7) is 2.67. The lowest BCUT2D eigenvalue weighted by Crippen LogP contribution is -2.27. The zero-order chi connectivity index (χ0) is 16.9. The van der Waals surface area contributed by atoms with Crippen molar-refractivity contribution in [1.29, 1.82) is 0 Å². The van der Waals surface area contributed by atoms with Crippen molar-refractivity contribution in [2.75, 3.05) is 6.54 Å². The molecular formula is C20H23N5. The molecule has 5 nitrogen and oxygen atoms in total. The molecule has 0 N–H and O–H groups in total. The van der Waals surface area contributed by atoms with Gasteiger partial charge < -0.3 is 0 Å². The van der Waals surface area contributed by atoms with Crippen LogP contribution in [0.1, 0.15) is 35.8 Å². The molecule has 1 saturated carbocycles. The summed E-state index contributed by atoms with van der Waals surface area (Å²) >= 11 is 0. The number of tetrazole rings is 1. The van der Waals surface area contributed by atoms with Crippen molar-refractivity contribution >= 4 is 0 Å². The van der Waals surface area contributed by atoms with Gasteiger partial charge in [0.05, 0.1) is 12.6 Å². The molecule has 0 amide bonds. The topological polar surface area (TPSA) is 46.8 Å². The second-order valence-electron chi connectivity index (χ2n) is 6.70. The van der Waals surface area contributed by atoms with Crippen LogP contribution in [0.3, 0.4) is 0 Å². The normalized spacial score (nSPS) is 14.1. The molecule has 1 aliphatic carbocycles. The number of hydrogen-bond acceptors (Lipinski definition) is 4. The average molecular weight is 333 g/mol. The number of rotatable bonds is 8. The van der Waals surface area contributed by atoms with Crippen LogP contribution in [0.25, 0.3) is 0 Å². The number of benzene rings is 2. The van der Waals surface area contributed by atoms with Crippen LogP contribution in [0.5, 0.6) is 0 Å². The molecule has 0 radical (unpaired) electrons. The van der Waals surface area contributed by atoms with E-state index in [1.54, 1.807) is 0 Å². The molecule has 0 atom stereocenters. The standard InChI is InChI=1S/C20H23N5/c1-3-7-17(8-4-1)13-14-24(15-18-9-5-2-6-10-18)16-20-21-22-23-25(20)19-11-12-19/h1-10,19H,11-16H2. The molecule has 5 heteroatoms. The van der Waals surface area contributed by atoms with E-state index in [4.69, 9.17) is 0 Å². The molecule has 0 bridgehead atoms. The van der Waals surface area contributed by atoms with Crippen molar-refractivity contribution < 1.29 is 0 Å². The highest BCUT2D eigenvalue weighted by Gasteiger charge is 2.28. The zero-order valence-corrected chi connectivity index (χ0v) is 14.3. The van der Waals surface area contributed by atoms with E-state index in [1.807, 2.05) is 4.68 Å². The first-order valence-corrected chi connectivity index (χ1v) is 8.95. The predicted molar refractivity (Wildman–Crippen MR) is 96.8 cm³/mol. The predicted octanol–water partition coefficient (Wildman–Crippen LogP) is 3.25. The Morgan fingerprint density at radius 1 is 0.880 bits per heavy atom. The van der Waals surface area contributed by atoms with Crippen LogP contribution in [0.4, 0.5) is 0 Å². The van der Waals surface area contributed by atoms with E-state index in [-0.39, 0.29) is 0 Å². The fourth-order valence-corrected chi connectivity index (χ4v) is 3.11.